The Morgan fingerprint density at radius 3 is 1.29 bits per heavy atom. The number of sulfonamides is 2. The highest BCUT2D eigenvalue weighted by Gasteiger charge is 2.28. The van der Waals surface area contributed by atoms with Crippen molar-refractivity contribution in [2.45, 2.75) is 87.9 Å². The van der Waals surface area contributed by atoms with Gasteiger partial charge in [-0.25, -0.2) is 36.2 Å². The molecule has 0 spiro atoms. The number of hydrogen-bond acceptors (Lipinski definition) is 12. The molecule has 0 aliphatic heterocycles. The van der Waals surface area contributed by atoms with E-state index in [1.165, 1.54) is 12.4 Å². The number of halogens is 3. The summed E-state index contributed by atoms with van der Waals surface area (Å²) >= 11 is 19.6. The van der Waals surface area contributed by atoms with Crippen LogP contribution in [0.25, 0.3) is 66.1 Å². The summed E-state index contributed by atoms with van der Waals surface area (Å²) in [4.78, 5) is 20.9. The second kappa shape index (κ2) is 31.3. The summed E-state index contributed by atoms with van der Waals surface area (Å²) < 4.78 is 68.6. The summed E-state index contributed by atoms with van der Waals surface area (Å²) in [5.74, 6) is 3.57. The zero-order valence-corrected chi connectivity index (χ0v) is 59.0. The number of anilines is 2. The van der Waals surface area contributed by atoms with E-state index in [9.17, 15) is 16.8 Å². The lowest BCUT2D eigenvalue weighted by atomic mass is 9.94. The van der Waals surface area contributed by atoms with Gasteiger partial charge in [0.15, 0.2) is 0 Å². The van der Waals surface area contributed by atoms with Gasteiger partial charge in [0.05, 0.1) is 14.2 Å². The average Bonchev–Trinajstić information content (AvgIpc) is 0.752. The van der Waals surface area contributed by atoms with Crippen LogP contribution < -0.4 is 29.1 Å². The third kappa shape index (κ3) is 18.1. The Balaban J connectivity index is 0.000000187. The number of hydrogen-bond donors (Lipinski definition) is 3. The van der Waals surface area contributed by atoms with Crippen LogP contribution in [0.2, 0.25) is 10.3 Å². The summed E-state index contributed by atoms with van der Waals surface area (Å²) in [6.07, 6.45) is 5.94. The molecule has 0 aliphatic carbocycles. The molecule has 0 aliphatic rings. The Morgan fingerprint density at radius 1 is 0.443 bits per heavy atom. The molecule has 0 bridgehead atoms. The fourth-order valence-electron chi connectivity index (χ4n) is 11.1. The zero-order valence-electron chi connectivity index (χ0n) is 55.1. The smallest absolute Gasteiger partial charge is 0.242 e. The first kappa shape index (κ1) is 70.6. The van der Waals surface area contributed by atoms with Crippen molar-refractivity contribution in [3.05, 3.63) is 276 Å². The van der Waals surface area contributed by atoms with E-state index >= 15 is 0 Å². The Bertz CT molecular complexity index is 4880. The molecule has 4 heterocycles. The van der Waals surface area contributed by atoms with E-state index in [1.807, 2.05) is 146 Å². The Labute approximate surface area is 583 Å². The normalized spacial score (nSPS) is 11.7. The molecular weight excluding hydrogens is 1320 g/mol. The number of methoxy groups -OCH3 is 2. The van der Waals surface area contributed by atoms with Crippen molar-refractivity contribution in [3.63, 3.8) is 0 Å². The summed E-state index contributed by atoms with van der Waals surface area (Å²) in [6.45, 7) is 12.5. The number of alkyl halides is 1. The Kier molecular flexibility index (Phi) is 22.8. The monoisotopic (exact) mass is 1390 g/mol. The maximum Gasteiger partial charge on any atom is 0.242 e. The van der Waals surface area contributed by atoms with E-state index in [1.54, 1.807) is 80.3 Å². The van der Waals surface area contributed by atoms with Crippen molar-refractivity contribution in [1.29, 1.82) is 0 Å². The van der Waals surface area contributed by atoms with Crippen LogP contribution >= 0.6 is 34.8 Å². The lowest BCUT2D eigenvalue weighted by Crippen LogP contribution is -2.40. The minimum Gasteiger partial charge on any atom is -0.497 e. The van der Waals surface area contributed by atoms with E-state index in [2.05, 4.69) is 90.3 Å². The van der Waals surface area contributed by atoms with Crippen LogP contribution in [0.5, 0.6) is 11.5 Å². The molecule has 496 valence electrons. The predicted octanol–water partition coefficient (Wildman–Crippen LogP) is 18.6. The van der Waals surface area contributed by atoms with Gasteiger partial charge >= 0.3 is 0 Å². The van der Waals surface area contributed by atoms with Gasteiger partial charge in [-0.2, -0.15) is 0 Å². The van der Waals surface area contributed by atoms with Gasteiger partial charge < -0.3 is 19.7 Å². The van der Waals surface area contributed by atoms with E-state index in [4.69, 9.17) is 54.2 Å². The second-order valence-electron chi connectivity index (χ2n) is 25.0. The van der Waals surface area contributed by atoms with Crippen LogP contribution in [0.3, 0.4) is 0 Å². The van der Waals surface area contributed by atoms with Crippen molar-refractivity contribution in [2.75, 3.05) is 24.4 Å². The summed E-state index contributed by atoms with van der Waals surface area (Å²) in [6, 6.07) is 71.6. The highest BCUT2D eigenvalue weighted by atomic mass is 35.5. The van der Waals surface area contributed by atoms with E-state index in [0.717, 1.165) is 77.6 Å². The van der Waals surface area contributed by atoms with E-state index < -0.39 is 31.1 Å². The Hall–Kier alpha value is -9.23. The van der Waals surface area contributed by atoms with Crippen LogP contribution in [-0.4, -0.2) is 62.1 Å². The maximum atomic E-state index is 13.3. The molecule has 4 aromatic heterocycles. The highest BCUT2D eigenvalue weighted by molar-refractivity contribution is 7.89. The molecule has 0 unspecified atom stereocenters. The number of aromatic nitrogens is 4. The van der Waals surface area contributed by atoms with Crippen molar-refractivity contribution in [2.24, 2.45) is 0 Å². The predicted molar refractivity (Wildman–Crippen MR) is 397 cm³/mol. The fourth-order valence-corrected chi connectivity index (χ4v) is 14.6. The van der Waals surface area contributed by atoms with Gasteiger partial charge in [-0.15, -0.1) is 11.6 Å². The molecule has 19 heteroatoms. The first-order chi connectivity index (χ1) is 46.5. The molecule has 0 radical (unpaired) electrons. The second-order valence-corrected chi connectivity index (χ2v) is 29.3. The quantitative estimate of drug-likeness (QED) is 0.0516. The highest BCUT2D eigenvalue weighted by Crippen LogP contribution is 2.45. The molecule has 12 rings (SSSR count). The van der Waals surface area contributed by atoms with E-state index in [-0.39, 0.29) is 20.1 Å². The average molecular weight is 1390 g/mol. The van der Waals surface area contributed by atoms with Gasteiger partial charge in [-0.1, -0.05) is 205 Å². The van der Waals surface area contributed by atoms with E-state index in [0.29, 0.717) is 59.4 Å². The van der Waals surface area contributed by atoms with Gasteiger partial charge in [0.1, 0.15) is 43.2 Å². The fraction of sp³-hybridized carbons (Fsp3) is 0.179. The van der Waals surface area contributed by atoms with Crippen molar-refractivity contribution in [1.82, 2.24) is 29.4 Å². The molecule has 0 atom stereocenters. The zero-order chi connectivity index (χ0) is 68.9. The summed E-state index contributed by atoms with van der Waals surface area (Å²) in [5.41, 5.74) is 9.47. The minimum absolute atomic E-state index is 0.0487. The third-order valence-corrected chi connectivity index (χ3v) is 19.6. The molecule has 97 heavy (non-hydrogen) atoms. The summed E-state index contributed by atoms with van der Waals surface area (Å²) in [5, 5.41) is 7.44. The lowest BCUT2D eigenvalue weighted by molar-refractivity contribution is 0.414. The SMILES string of the molecule is CC(C)(C)NS(=O)(=O)c1cncc(-c2c(Cl)nc(NCc3ccccc3)c3c(-c4ccccc4)cccc23)c1.COc1ccc(CCl)cc1.COc1ccc(CN(Cc2ccccc2)c2nc(Cl)c(-c3cncc(S(=O)(=O)NC(C)(C)C)c3)c3cccc(-c4ccccc4)c23)cc1. The molecule has 0 saturated heterocycles. The number of benzene rings is 8. The Morgan fingerprint density at radius 2 is 0.845 bits per heavy atom. The number of nitrogens with one attached hydrogen (secondary N) is 3. The maximum absolute atomic E-state index is 13.3. The molecule has 14 nitrogen and oxygen atoms in total. The van der Waals surface area contributed by atoms with Crippen LogP contribution in [0, 0.1) is 0 Å². The standard InChI is InChI=1S/C39H37ClN4O3S.C31H29ClN4O2S.C8H9ClO/c1-39(2,3)43-48(45,46)32-22-30(23-41-24-32)35-34-17-11-16-33(29-14-9-6-10-15-29)36(34)38(42-37(35)40)44(25-27-12-7-5-8-13-27)26-28-18-20-31(47-4)21-19-28;1-31(2,3)36-39(37,38)24-17-23(19-33-20-24)27-26-16-10-15-25(22-13-8-5-9-14-22)28(26)30(35-29(27)32)34-18-21-11-6-4-7-12-21;1-10-8-4-2-7(6-9)3-5-8/h5-24,43H,25-26H2,1-4H3;4-17,19-20,36H,18H2,1-3H3,(H,34,35);2-5H,6H2,1H3. The van der Waals surface area contributed by atoms with Gasteiger partial charge in [0.2, 0.25) is 20.0 Å². The first-order valence-electron chi connectivity index (χ1n) is 31.2. The number of ether oxygens (including phenoxy) is 2. The number of nitrogens with zero attached hydrogens (tertiary/aromatic N) is 5. The lowest BCUT2D eigenvalue weighted by Gasteiger charge is -2.28. The minimum atomic E-state index is -3.85. The van der Waals surface area contributed by atoms with Crippen molar-refractivity contribution in [3.8, 4) is 56.0 Å². The molecule has 3 N–H and O–H groups in total. The van der Waals surface area contributed by atoms with Crippen molar-refractivity contribution < 1.29 is 26.3 Å². The van der Waals surface area contributed by atoms with Crippen molar-refractivity contribution >= 4 is 88.0 Å². The summed E-state index contributed by atoms with van der Waals surface area (Å²) in [7, 11) is -4.35. The van der Waals surface area contributed by atoms with Gasteiger partial charge in [0, 0.05) is 94.4 Å². The molecule has 12 aromatic rings. The topological polar surface area (TPSA) is 178 Å². The number of pyridine rings is 4. The largest absolute Gasteiger partial charge is 0.497 e. The van der Waals surface area contributed by atoms with Gasteiger partial charge in [-0.05, 0) is 133 Å². The van der Waals surface area contributed by atoms with Gasteiger partial charge in [-0.3, -0.25) is 9.97 Å². The van der Waals surface area contributed by atoms with Crippen LogP contribution in [0.4, 0.5) is 11.6 Å². The van der Waals surface area contributed by atoms with Crippen LogP contribution in [0.15, 0.2) is 253 Å². The molecular formula is C78H75Cl3N8O6S2. The van der Waals surface area contributed by atoms with Gasteiger partial charge in [0.25, 0.3) is 0 Å². The third-order valence-electron chi connectivity index (χ3n) is 15.3. The molecule has 0 fully saturated rings. The molecule has 8 aromatic carbocycles. The number of fused-ring (bicyclic) bond motifs is 2. The van der Waals surface area contributed by atoms with Crippen LogP contribution in [0.1, 0.15) is 63.8 Å². The number of rotatable bonds is 19. The van der Waals surface area contributed by atoms with Crippen LogP contribution in [-0.2, 0) is 45.6 Å². The molecule has 0 saturated carbocycles. The molecule has 0 amide bonds. The first-order valence-corrected chi connectivity index (χ1v) is 35.5.